The van der Waals surface area contributed by atoms with Crippen LogP contribution in [-0.2, 0) is 4.79 Å². The SMILES string of the molecule is O=C(Nc1ccc(N2CCCCCC2)cc1C(=O)O)c1ccccc1Cl.O=C(O)C(F)(F)F. The summed E-state index contributed by atoms with van der Waals surface area (Å²) in [6, 6.07) is 11.8. The molecule has 0 saturated carbocycles. The number of nitrogens with one attached hydrogen (secondary N) is 1. The highest BCUT2D eigenvalue weighted by atomic mass is 35.5. The number of nitrogens with zero attached hydrogens (tertiary/aromatic N) is 1. The minimum atomic E-state index is -5.08. The highest BCUT2D eigenvalue weighted by Crippen LogP contribution is 2.27. The third-order valence-corrected chi connectivity index (χ3v) is 5.14. The van der Waals surface area contributed by atoms with Crippen LogP contribution in [0, 0.1) is 0 Å². The molecule has 1 aliphatic heterocycles. The van der Waals surface area contributed by atoms with Gasteiger partial charge >= 0.3 is 18.1 Å². The Morgan fingerprint density at radius 1 is 0.909 bits per heavy atom. The van der Waals surface area contributed by atoms with Crippen LogP contribution in [-0.4, -0.2) is 47.3 Å². The Kier molecular flexibility index (Phi) is 9.10. The normalized spacial score (nSPS) is 13.9. The molecule has 0 spiro atoms. The third-order valence-electron chi connectivity index (χ3n) is 4.81. The molecular weight excluding hydrogens is 465 g/mol. The highest BCUT2D eigenvalue weighted by molar-refractivity contribution is 6.34. The zero-order chi connectivity index (χ0) is 24.6. The number of carboxylic acids is 2. The number of halogens is 4. The van der Waals surface area contributed by atoms with Crippen LogP contribution in [0.25, 0.3) is 0 Å². The predicted molar refractivity (Wildman–Crippen MR) is 117 cm³/mol. The lowest BCUT2D eigenvalue weighted by Gasteiger charge is -2.23. The average molecular weight is 487 g/mol. The minimum absolute atomic E-state index is 0.0761. The van der Waals surface area contributed by atoms with E-state index < -0.39 is 24.0 Å². The van der Waals surface area contributed by atoms with Crippen LogP contribution in [0.2, 0.25) is 5.02 Å². The first-order chi connectivity index (χ1) is 15.5. The zero-order valence-corrected chi connectivity index (χ0v) is 18.1. The predicted octanol–water partition coefficient (Wildman–Crippen LogP) is 5.30. The number of carbonyl (C=O) groups is 3. The third kappa shape index (κ3) is 7.67. The number of rotatable bonds is 4. The lowest BCUT2D eigenvalue weighted by atomic mass is 10.1. The van der Waals surface area contributed by atoms with Crippen LogP contribution < -0.4 is 10.2 Å². The Hall–Kier alpha value is -3.27. The summed E-state index contributed by atoms with van der Waals surface area (Å²) >= 11 is 6.05. The van der Waals surface area contributed by atoms with Crippen molar-refractivity contribution < 1.29 is 37.8 Å². The molecule has 1 heterocycles. The first kappa shape index (κ1) is 26.0. The number of carbonyl (C=O) groups excluding carboxylic acids is 1. The van der Waals surface area contributed by atoms with Gasteiger partial charge in [-0.05, 0) is 43.2 Å². The molecule has 0 bridgehead atoms. The molecule has 2 aromatic rings. The number of hydrogen-bond acceptors (Lipinski definition) is 4. The van der Waals surface area contributed by atoms with E-state index in [0.29, 0.717) is 10.6 Å². The van der Waals surface area contributed by atoms with Gasteiger partial charge in [0.2, 0.25) is 0 Å². The fraction of sp³-hybridized carbons (Fsp3) is 0.318. The van der Waals surface area contributed by atoms with E-state index in [-0.39, 0.29) is 11.3 Å². The largest absolute Gasteiger partial charge is 0.490 e. The van der Waals surface area contributed by atoms with Gasteiger partial charge in [0.05, 0.1) is 21.8 Å². The highest BCUT2D eigenvalue weighted by Gasteiger charge is 2.38. The second-order valence-corrected chi connectivity index (χ2v) is 7.58. The van der Waals surface area contributed by atoms with Gasteiger partial charge in [0.1, 0.15) is 0 Å². The fourth-order valence-corrected chi connectivity index (χ4v) is 3.40. The molecule has 0 unspecified atom stereocenters. The number of hydrogen-bond donors (Lipinski definition) is 3. The molecule has 0 radical (unpaired) electrons. The molecule has 0 aromatic heterocycles. The fourth-order valence-electron chi connectivity index (χ4n) is 3.18. The molecule has 1 saturated heterocycles. The minimum Gasteiger partial charge on any atom is -0.478 e. The lowest BCUT2D eigenvalue weighted by Crippen LogP contribution is -2.24. The van der Waals surface area contributed by atoms with Gasteiger partial charge in [-0.25, -0.2) is 9.59 Å². The van der Waals surface area contributed by atoms with Crippen LogP contribution in [0.4, 0.5) is 24.5 Å². The summed E-state index contributed by atoms with van der Waals surface area (Å²) in [5, 5.41) is 19.7. The Morgan fingerprint density at radius 2 is 1.48 bits per heavy atom. The molecule has 178 valence electrons. The monoisotopic (exact) mass is 486 g/mol. The molecule has 1 fully saturated rings. The standard InChI is InChI=1S/C20H21ClN2O3.C2HF3O2/c21-17-8-4-3-7-15(17)19(24)22-18-10-9-14(13-16(18)20(25)26)23-11-5-1-2-6-12-23;3-2(4,5)1(6)7/h3-4,7-10,13H,1-2,5-6,11-12H2,(H,22,24)(H,25,26);(H,6,7). The molecule has 3 N–H and O–H groups in total. The number of amides is 1. The Morgan fingerprint density at radius 3 is 2.00 bits per heavy atom. The lowest BCUT2D eigenvalue weighted by molar-refractivity contribution is -0.192. The molecule has 7 nitrogen and oxygen atoms in total. The Bertz CT molecular complexity index is 1010. The van der Waals surface area contributed by atoms with Gasteiger partial charge in [-0.1, -0.05) is 36.6 Å². The summed E-state index contributed by atoms with van der Waals surface area (Å²) in [4.78, 5) is 35.3. The number of alkyl halides is 3. The summed E-state index contributed by atoms with van der Waals surface area (Å²) in [5.74, 6) is -4.26. The molecule has 1 amide bonds. The summed E-state index contributed by atoms with van der Waals surface area (Å²) in [7, 11) is 0. The molecule has 2 aromatic carbocycles. The second kappa shape index (κ2) is 11.6. The smallest absolute Gasteiger partial charge is 0.478 e. The van der Waals surface area contributed by atoms with Crippen molar-refractivity contribution >= 4 is 40.8 Å². The van der Waals surface area contributed by atoms with E-state index in [4.69, 9.17) is 21.5 Å². The second-order valence-electron chi connectivity index (χ2n) is 7.17. The van der Waals surface area contributed by atoms with E-state index >= 15 is 0 Å². The van der Waals surface area contributed by atoms with Gasteiger partial charge in [0.25, 0.3) is 5.91 Å². The van der Waals surface area contributed by atoms with E-state index in [2.05, 4.69) is 10.2 Å². The maximum atomic E-state index is 12.4. The van der Waals surface area contributed by atoms with Crippen molar-refractivity contribution in [1.29, 1.82) is 0 Å². The van der Waals surface area contributed by atoms with E-state index in [1.54, 1.807) is 36.4 Å². The van der Waals surface area contributed by atoms with Crippen molar-refractivity contribution in [2.75, 3.05) is 23.3 Å². The molecule has 0 atom stereocenters. The molecule has 0 aliphatic carbocycles. The first-order valence-corrected chi connectivity index (χ1v) is 10.4. The van der Waals surface area contributed by atoms with Gasteiger partial charge in [-0.15, -0.1) is 0 Å². The topological polar surface area (TPSA) is 107 Å². The van der Waals surface area contributed by atoms with Crippen LogP contribution >= 0.6 is 11.6 Å². The van der Waals surface area contributed by atoms with Crippen molar-refractivity contribution in [3.05, 3.63) is 58.6 Å². The van der Waals surface area contributed by atoms with Crippen LogP contribution in [0.1, 0.15) is 46.4 Å². The summed E-state index contributed by atoms with van der Waals surface area (Å²) in [6.45, 7) is 1.84. The maximum absolute atomic E-state index is 12.4. The summed E-state index contributed by atoms with van der Waals surface area (Å²) in [5.41, 5.74) is 1.52. The number of benzene rings is 2. The molecule has 1 aliphatic rings. The quantitative estimate of drug-likeness (QED) is 0.541. The number of carboxylic acid groups (broad SMARTS) is 2. The Balaban J connectivity index is 0.000000479. The van der Waals surface area contributed by atoms with Gasteiger partial charge in [-0.3, -0.25) is 4.79 Å². The summed E-state index contributed by atoms with van der Waals surface area (Å²) in [6.07, 6.45) is -0.469. The molecule has 11 heteroatoms. The van der Waals surface area contributed by atoms with Gasteiger partial charge in [-0.2, -0.15) is 13.2 Å². The Labute approximate surface area is 192 Å². The average Bonchev–Trinajstić information content (AvgIpc) is 3.03. The first-order valence-electron chi connectivity index (χ1n) is 9.99. The van der Waals surface area contributed by atoms with E-state index in [9.17, 15) is 27.9 Å². The van der Waals surface area contributed by atoms with Crippen LogP contribution in [0.15, 0.2) is 42.5 Å². The van der Waals surface area contributed by atoms with Gasteiger partial charge in [0.15, 0.2) is 0 Å². The van der Waals surface area contributed by atoms with Crippen molar-refractivity contribution in [1.82, 2.24) is 0 Å². The summed E-state index contributed by atoms with van der Waals surface area (Å²) < 4.78 is 31.7. The number of aromatic carboxylic acids is 1. The van der Waals surface area contributed by atoms with Crippen molar-refractivity contribution in [3.8, 4) is 0 Å². The van der Waals surface area contributed by atoms with E-state index in [0.717, 1.165) is 31.6 Å². The van der Waals surface area contributed by atoms with Gasteiger partial charge in [0, 0.05) is 18.8 Å². The van der Waals surface area contributed by atoms with Crippen molar-refractivity contribution in [2.24, 2.45) is 0 Å². The zero-order valence-electron chi connectivity index (χ0n) is 17.4. The maximum Gasteiger partial charge on any atom is 0.490 e. The molecule has 33 heavy (non-hydrogen) atoms. The number of aliphatic carboxylic acids is 1. The van der Waals surface area contributed by atoms with Gasteiger partial charge < -0.3 is 20.4 Å². The molecular formula is C22H22ClF3N2O5. The van der Waals surface area contributed by atoms with Crippen LogP contribution in [0.5, 0.6) is 0 Å². The van der Waals surface area contributed by atoms with Crippen molar-refractivity contribution in [2.45, 2.75) is 31.9 Å². The van der Waals surface area contributed by atoms with Crippen LogP contribution in [0.3, 0.4) is 0 Å². The number of anilines is 2. The van der Waals surface area contributed by atoms with Crippen molar-refractivity contribution in [3.63, 3.8) is 0 Å². The van der Waals surface area contributed by atoms with E-state index in [1.807, 2.05) is 6.07 Å². The van der Waals surface area contributed by atoms with E-state index in [1.165, 1.54) is 12.8 Å². The molecule has 3 rings (SSSR count).